The van der Waals surface area contributed by atoms with E-state index < -0.39 is 5.82 Å². The fourth-order valence-electron chi connectivity index (χ4n) is 5.08. The second-order valence-electron chi connectivity index (χ2n) is 9.75. The Morgan fingerprint density at radius 3 is 2.58 bits per heavy atom. The third-order valence-electron chi connectivity index (χ3n) is 7.38. The molecule has 1 aromatic rings. The molecule has 0 bridgehead atoms. The Kier molecular flexibility index (Phi) is 7.12. The van der Waals surface area contributed by atoms with E-state index in [4.69, 9.17) is 4.74 Å². The average molecular weight is 428 g/mol. The van der Waals surface area contributed by atoms with Crippen molar-refractivity contribution in [2.75, 3.05) is 19.6 Å². The van der Waals surface area contributed by atoms with E-state index >= 15 is 0 Å². The van der Waals surface area contributed by atoms with E-state index in [1.807, 2.05) is 6.07 Å². The van der Waals surface area contributed by atoms with E-state index in [-0.39, 0.29) is 23.5 Å². The van der Waals surface area contributed by atoms with Gasteiger partial charge >= 0.3 is 0 Å². The summed E-state index contributed by atoms with van der Waals surface area (Å²) in [4.78, 5) is 14.6. The quantitative estimate of drug-likeness (QED) is 0.706. The Labute approximate surface area is 184 Å². The van der Waals surface area contributed by atoms with Crippen LogP contribution in [0.15, 0.2) is 18.2 Å². The normalized spacial score (nSPS) is 29.2. The van der Waals surface area contributed by atoms with Crippen LogP contribution in [0.5, 0.6) is 5.75 Å². The number of hydrogen-bond donors (Lipinski definition) is 1. The third-order valence-corrected chi connectivity index (χ3v) is 7.38. The van der Waals surface area contributed by atoms with E-state index in [9.17, 15) is 14.4 Å². The first-order chi connectivity index (χ1) is 15.0. The van der Waals surface area contributed by atoms with Crippen LogP contribution in [-0.2, 0) is 4.79 Å². The Bertz CT molecular complexity index is 807. The van der Waals surface area contributed by atoms with Crippen LogP contribution < -0.4 is 10.1 Å². The van der Waals surface area contributed by atoms with E-state index in [2.05, 4.69) is 17.1 Å². The van der Waals surface area contributed by atoms with Gasteiger partial charge in [0.2, 0.25) is 5.91 Å². The van der Waals surface area contributed by atoms with Crippen LogP contribution in [0.4, 0.5) is 4.39 Å². The molecule has 0 aromatic heterocycles. The number of carbonyl (C=O) groups is 1. The number of nitrogens with zero attached hydrogens (tertiary/aromatic N) is 2. The largest absolute Gasteiger partial charge is 0.489 e. The van der Waals surface area contributed by atoms with Crippen molar-refractivity contribution in [3.63, 3.8) is 0 Å². The van der Waals surface area contributed by atoms with Crippen molar-refractivity contribution in [1.82, 2.24) is 10.2 Å². The van der Waals surface area contributed by atoms with Crippen molar-refractivity contribution in [2.24, 2.45) is 17.8 Å². The van der Waals surface area contributed by atoms with Gasteiger partial charge in [0.05, 0.1) is 5.56 Å². The lowest BCUT2D eigenvalue weighted by atomic mass is 9.84. The van der Waals surface area contributed by atoms with Crippen LogP contribution in [0, 0.1) is 34.9 Å². The smallest absolute Gasteiger partial charge is 0.223 e. The molecule has 1 aliphatic heterocycles. The lowest BCUT2D eigenvalue weighted by Crippen LogP contribution is -2.40. The maximum absolute atomic E-state index is 13.3. The van der Waals surface area contributed by atoms with Gasteiger partial charge in [-0.05, 0) is 87.9 Å². The molecule has 6 heteroatoms. The first kappa shape index (κ1) is 22.1. The second-order valence-corrected chi connectivity index (χ2v) is 9.75. The van der Waals surface area contributed by atoms with E-state index in [0.717, 1.165) is 57.7 Å². The molecule has 5 nitrogen and oxygen atoms in total. The number of halogens is 1. The van der Waals surface area contributed by atoms with Gasteiger partial charge in [0.1, 0.15) is 23.7 Å². The fraction of sp³-hybridized carbons (Fsp3) is 0.680. The maximum atomic E-state index is 13.3. The van der Waals surface area contributed by atoms with Crippen molar-refractivity contribution in [2.45, 2.75) is 70.4 Å². The molecule has 2 atom stereocenters. The molecule has 1 N–H and O–H groups in total. The Balaban J connectivity index is 1.12. The topological polar surface area (TPSA) is 65.4 Å². The van der Waals surface area contributed by atoms with Gasteiger partial charge < -0.3 is 15.0 Å². The first-order valence-electron chi connectivity index (χ1n) is 11.9. The molecule has 3 aliphatic rings. The Hall–Kier alpha value is -2.13. The second kappa shape index (κ2) is 9.99. The summed E-state index contributed by atoms with van der Waals surface area (Å²) in [6.07, 6.45) is 8.90. The van der Waals surface area contributed by atoms with Gasteiger partial charge in [-0.2, -0.15) is 5.26 Å². The summed E-state index contributed by atoms with van der Waals surface area (Å²) in [7, 11) is 0. The molecule has 0 spiro atoms. The van der Waals surface area contributed by atoms with Crippen LogP contribution in [0.1, 0.15) is 63.9 Å². The standard InChI is InChI=1S/C25H34FN3O2/c1-17-14-23(17)25(30)28-21-5-2-18(3-6-21)8-11-29-12-9-22(10-13-29)31-24-7-4-20(26)15-19(24)16-27/h4,7,15,17-18,21-23H,2-3,5-6,8-14H2,1H3,(H,28,30). The van der Waals surface area contributed by atoms with Crippen LogP contribution in [-0.4, -0.2) is 42.6 Å². The minimum atomic E-state index is -0.410. The summed E-state index contributed by atoms with van der Waals surface area (Å²) < 4.78 is 19.3. The molecule has 31 heavy (non-hydrogen) atoms. The maximum Gasteiger partial charge on any atom is 0.223 e. The Morgan fingerprint density at radius 1 is 1.23 bits per heavy atom. The summed E-state index contributed by atoms with van der Waals surface area (Å²) in [6.45, 7) is 5.27. The molecule has 168 valence electrons. The minimum Gasteiger partial charge on any atom is -0.489 e. The van der Waals surface area contributed by atoms with Crippen LogP contribution in [0.3, 0.4) is 0 Å². The van der Waals surface area contributed by atoms with Crippen molar-refractivity contribution in [3.05, 3.63) is 29.6 Å². The van der Waals surface area contributed by atoms with Gasteiger partial charge in [-0.25, -0.2) is 4.39 Å². The van der Waals surface area contributed by atoms with E-state index in [0.29, 0.717) is 17.7 Å². The number of amides is 1. The molecule has 2 unspecified atom stereocenters. The summed E-state index contributed by atoms with van der Waals surface area (Å²) in [6, 6.07) is 6.54. The van der Waals surface area contributed by atoms with Gasteiger partial charge in [-0.1, -0.05) is 6.92 Å². The lowest BCUT2D eigenvalue weighted by molar-refractivity contribution is -0.123. The first-order valence-corrected chi connectivity index (χ1v) is 11.9. The Morgan fingerprint density at radius 2 is 1.94 bits per heavy atom. The number of benzene rings is 1. The summed E-state index contributed by atoms with van der Waals surface area (Å²) in [5.74, 6) is 1.98. The predicted molar refractivity (Wildman–Crippen MR) is 117 cm³/mol. The van der Waals surface area contributed by atoms with Crippen molar-refractivity contribution in [1.29, 1.82) is 5.26 Å². The van der Waals surface area contributed by atoms with E-state index in [1.165, 1.54) is 31.4 Å². The molecule has 1 heterocycles. The zero-order valence-electron chi connectivity index (χ0n) is 18.5. The summed E-state index contributed by atoms with van der Waals surface area (Å²) >= 11 is 0. The molecule has 2 aliphatic carbocycles. The molecule has 1 amide bonds. The number of hydrogen-bond acceptors (Lipinski definition) is 4. The molecule has 2 saturated carbocycles. The van der Waals surface area contributed by atoms with Crippen LogP contribution >= 0.6 is 0 Å². The van der Waals surface area contributed by atoms with Gasteiger partial charge in [0.25, 0.3) is 0 Å². The molecule has 0 radical (unpaired) electrons. The molecule has 3 fully saturated rings. The molecular formula is C25H34FN3O2. The number of piperidine rings is 1. The fourth-order valence-corrected chi connectivity index (χ4v) is 5.08. The molecule has 1 aromatic carbocycles. The highest BCUT2D eigenvalue weighted by Crippen LogP contribution is 2.38. The summed E-state index contributed by atoms with van der Waals surface area (Å²) in [5.41, 5.74) is 0.265. The number of carbonyl (C=O) groups excluding carboxylic acids is 1. The highest BCUT2D eigenvalue weighted by molar-refractivity contribution is 5.81. The zero-order chi connectivity index (χ0) is 21.8. The highest BCUT2D eigenvalue weighted by Gasteiger charge is 2.40. The predicted octanol–water partition coefficient (Wildman–Crippen LogP) is 4.26. The van der Waals surface area contributed by atoms with Gasteiger partial charge in [-0.3, -0.25) is 4.79 Å². The van der Waals surface area contributed by atoms with Crippen LogP contribution in [0.2, 0.25) is 0 Å². The molecule has 1 saturated heterocycles. The van der Waals surface area contributed by atoms with Crippen molar-refractivity contribution < 1.29 is 13.9 Å². The van der Waals surface area contributed by atoms with Gasteiger partial charge in [-0.15, -0.1) is 0 Å². The lowest BCUT2D eigenvalue weighted by Gasteiger charge is -2.34. The SMILES string of the molecule is CC1CC1C(=O)NC1CCC(CCN2CCC(Oc3ccc(F)cc3C#N)CC2)CC1. The number of nitriles is 1. The molecule has 4 rings (SSSR count). The summed E-state index contributed by atoms with van der Waals surface area (Å²) in [5, 5.41) is 12.4. The van der Waals surface area contributed by atoms with Crippen LogP contribution in [0.25, 0.3) is 0 Å². The number of nitrogens with one attached hydrogen (secondary N) is 1. The van der Waals surface area contributed by atoms with Crippen molar-refractivity contribution >= 4 is 5.91 Å². The average Bonchev–Trinajstić information content (AvgIpc) is 3.52. The van der Waals surface area contributed by atoms with Gasteiger partial charge in [0.15, 0.2) is 0 Å². The highest BCUT2D eigenvalue weighted by atomic mass is 19.1. The number of rotatable bonds is 7. The third kappa shape index (κ3) is 5.98. The minimum absolute atomic E-state index is 0.0852. The van der Waals surface area contributed by atoms with Crippen molar-refractivity contribution in [3.8, 4) is 11.8 Å². The molecular weight excluding hydrogens is 393 g/mol. The van der Waals surface area contributed by atoms with Gasteiger partial charge in [0, 0.05) is 25.0 Å². The number of ether oxygens (including phenoxy) is 1. The van der Waals surface area contributed by atoms with E-state index in [1.54, 1.807) is 6.07 Å². The zero-order valence-corrected chi connectivity index (χ0v) is 18.5. The monoisotopic (exact) mass is 427 g/mol. The number of likely N-dealkylation sites (tertiary alicyclic amines) is 1.